The molecule has 2 aromatic carbocycles. The number of halogens is 2. The maximum absolute atomic E-state index is 12.9. The van der Waals surface area contributed by atoms with Crippen molar-refractivity contribution in [2.45, 2.75) is 0 Å². The van der Waals surface area contributed by atoms with Crippen LogP contribution >= 0.6 is 11.6 Å². The molecule has 3 heteroatoms. The van der Waals surface area contributed by atoms with Gasteiger partial charge in [0.25, 0.3) is 0 Å². The lowest BCUT2D eigenvalue weighted by Crippen LogP contribution is -1.86. The molecule has 0 atom stereocenters. The minimum atomic E-state index is -0.259. The summed E-state index contributed by atoms with van der Waals surface area (Å²) >= 11 is 6.16. The van der Waals surface area contributed by atoms with Gasteiger partial charge in [-0.1, -0.05) is 35.9 Å². The molecule has 88 valence electrons. The smallest absolute Gasteiger partial charge is 0.137 e. The second-order valence-corrected chi connectivity index (χ2v) is 4.38. The average Bonchev–Trinajstić information content (AvgIpc) is 2.39. The summed E-state index contributed by atoms with van der Waals surface area (Å²) in [7, 11) is 0. The van der Waals surface area contributed by atoms with E-state index in [4.69, 9.17) is 11.6 Å². The van der Waals surface area contributed by atoms with Gasteiger partial charge in [0.15, 0.2) is 0 Å². The molecule has 3 rings (SSSR count). The number of aromatic nitrogens is 1. The highest BCUT2D eigenvalue weighted by Crippen LogP contribution is 2.27. The molecule has 0 saturated carbocycles. The number of benzene rings is 2. The van der Waals surface area contributed by atoms with E-state index in [0.717, 1.165) is 22.0 Å². The number of hydrogen-bond acceptors (Lipinski definition) is 1. The van der Waals surface area contributed by atoms with E-state index in [2.05, 4.69) is 4.98 Å². The third kappa shape index (κ3) is 1.95. The van der Waals surface area contributed by atoms with Crippen LogP contribution in [0.1, 0.15) is 0 Å². The number of fused-ring (bicyclic) bond motifs is 1. The fourth-order valence-corrected chi connectivity index (χ4v) is 2.19. The van der Waals surface area contributed by atoms with E-state index >= 15 is 0 Å². The lowest BCUT2D eigenvalue weighted by molar-refractivity contribution is 0.628. The first-order valence-electron chi connectivity index (χ1n) is 5.55. The molecular formula is C15H9ClFN. The number of hydrogen-bond donors (Lipinski definition) is 0. The van der Waals surface area contributed by atoms with Gasteiger partial charge < -0.3 is 0 Å². The van der Waals surface area contributed by atoms with Crippen LogP contribution in [0.4, 0.5) is 4.39 Å². The molecule has 3 aromatic rings. The largest absolute Gasteiger partial charge is 0.235 e. The predicted octanol–water partition coefficient (Wildman–Crippen LogP) is 4.69. The number of nitrogens with zero attached hydrogens (tertiary/aromatic N) is 1. The van der Waals surface area contributed by atoms with Crippen LogP contribution in [0.25, 0.3) is 22.0 Å². The van der Waals surface area contributed by atoms with Gasteiger partial charge in [-0.25, -0.2) is 9.37 Å². The van der Waals surface area contributed by atoms with Gasteiger partial charge in [0.2, 0.25) is 0 Å². The fourth-order valence-electron chi connectivity index (χ4n) is 1.92. The van der Waals surface area contributed by atoms with Crippen molar-refractivity contribution >= 4 is 22.4 Å². The van der Waals surface area contributed by atoms with E-state index in [1.807, 2.05) is 30.3 Å². The van der Waals surface area contributed by atoms with Gasteiger partial charge in [-0.3, -0.25) is 0 Å². The standard InChI is InChI=1S/C15H9ClFN/c16-15-13-4-2-1-3-11(13)9-14(18-15)10-5-7-12(17)8-6-10/h1-9H. The van der Waals surface area contributed by atoms with Gasteiger partial charge >= 0.3 is 0 Å². The van der Waals surface area contributed by atoms with Gasteiger partial charge in [0, 0.05) is 10.9 Å². The van der Waals surface area contributed by atoms with E-state index in [-0.39, 0.29) is 5.82 Å². The minimum Gasteiger partial charge on any atom is -0.235 e. The molecule has 0 bridgehead atoms. The van der Waals surface area contributed by atoms with Crippen LogP contribution in [0.3, 0.4) is 0 Å². The first kappa shape index (κ1) is 11.2. The Bertz CT molecular complexity index is 707. The van der Waals surface area contributed by atoms with Crippen LogP contribution in [0, 0.1) is 5.82 Å². The van der Waals surface area contributed by atoms with Crippen LogP contribution in [-0.2, 0) is 0 Å². The molecule has 0 radical (unpaired) electrons. The molecule has 1 nitrogen and oxygen atoms in total. The Morgan fingerprint density at radius 1 is 0.944 bits per heavy atom. The summed E-state index contributed by atoms with van der Waals surface area (Å²) in [4.78, 5) is 4.34. The van der Waals surface area contributed by atoms with Gasteiger partial charge in [-0.05, 0) is 35.7 Å². The van der Waals surface area contributed by atoms with Crippen LogP contribution in [0.2, 0.25) is 5.15 Å². The summed E-state index contributed by atoms with van der Waals surface area (Å²) in [6, 6.07) is 16.0. The lowest BCUT2D eigenvalue weighted by atomic mass is 10.1. The Morgan fingerprint density at radius 3 is 2.44 bits per heavy atom. The van der Waals surface area contributed by atoms with Crippen molar-refractivity contribution in [3.63, 3.8) is 0 Å². The van der Waals surface area contributed by atoms with Crippen LogP contribution in [0.15, 0.2) is 54.6 Å². The summed E-state index contributed by atoms with van der Waals surface area (Å²) in [5.74, 6) is -0.259. The third-order valence-corrected chi connectivity index (χ3v) is 3.12. The average molecular weight is 258 g/mol. The molecule has 1 heterocycles. The maximum atomic E-state index is 12.9. The van der Waals surface area contributed by atoms with E-state index in [9.17, 15) is 4.39 Å². The number of pyridine rings is 1. The predicted molar refractivity (Wildman–Crippen MR) is 72.1 cm³/mol. The Morgan fingerprint density at radius 2 is 1.67 bits per heavy atom. The quantitative estimate of drug-likeness (QED) is 0.576. The lowest BCUT2D eigenvalue weighted by Gasteiger charge is -2.05. The molecule has 0 spiro atoms. The van der Waals surface area contributed by atoms with Crippen LogP contribution < -0.4 is 0 Å². The second-order valence-electron chi connectivity index (χ2n) is 4.03. The highest BCUT2D eigenvalue weighted by molar-refractivity contribution is 6.34. The van der Waals surface area contributed by atoms with Gasteiger partial charge in [-0.15, -0.1) is 0 Å². The monoisotopic (exact) mass is 257 g/mol. The Hall–Kier alpha value is -1.93. The minimum absolute atomic E-state index is 0.259. The van der Waals surface area contributed by atoms with Crippen molar-refractivity contribution in [2.75, 3.05) is 0 Å². The van der Waals surface area contributed by atoms with E-state index < -0.39 is 0 Å². The van der Waals surface area contributed by atoms with Crippen molar-refractivity contribution in [2.24, 2.45) is 0 Å². The van der Waals surface area contributed by atoms with Gasteiger partial charge in [-0.2, -0.15) is 0 Å². The molecule has 18 heavy (non-hydrogen) atoms. The van der Waals surface area contributed by atoms with Crippen molar-refractivity contribution in [1.29, 1.82) is 0 Å². The fraction of sp³-hybridized carbons (Fsp3) is 0. The summed E-state index contributed by atoms with van der Waals surface area (Å²) in [5, 5.41) is 2.41. The maximum Gasteiger partial charge on any atom is 0.137 e. The topological polar surface area (TPSA) is 12.9 Å². The molecule has 0 N–H and O–H groups in total. The zero-order chi connectivity index (χ0) is 12.5. The van der Waals surface area contributed by atoms with E-state index in [1.54, 1.807) is 12.1 Å². The van der Waals surface area contributed by atoms with Crippen molar-refractivity contribution in [1.82, 2.24) is 4.98 Å². The summed E-state index contributed by atoms with van der Waals surface area (Å²) in [5.41, 5.74) is 1.60. The third-order valence-electron chi connectivity index (χ3n) is 2.83. The summed E-state index contributed by atoms with van der Waals surface area (Å²) in [6.07, 6.45) is 0. The highest BCUT2D eigenvalue weighted by atomic mass is 35.5. The summed E-state index contributed by atoms with van der Waals surface area (Å²) in [6.45, 7) is 0. The zero-order valence-corrected chi connectivity index (χ0v) is 10.2. The van der Waals surface area contributed by atoms with E-state index in [0.29, 0.717) is 5.15 Å². The molecule has 1 aromatic heterocycles. The first-order chi connectivity index (χ1) is 8.74. The zero-order valence-electron chi connectivity index (χ0n) is 9.40. The molecule has 0 fully saturated rings. The molecule has 0 aliphatic carbocycles. The first-order valence-corrected chi connectivity index (χ1v) is 5.93. The SMILES string of the molecule is Fc1ccc(-c2cc3ccccc3c(Cl)n2)cc1. The van der Waals surface area contributed by atoms with Crippen molar-refractivity contribution in [3.05, 3.63) is 65.6 Å². The normalized spacial score (nSPS) is 10.8. The molecule has 0 amide bonds. The molecule has 0 saturated heterocycles. The van der Waals surface area contributed by atoms with Crippen LogP contribution in [0.5, 0.6) is 0 Å². The van der Waals surface area contributed by atoms with Gasteiger partial charge in [0.05, 0.1) is 5.69 Å². The molecule has 0 aliphatic rings. The Labute approximate surface area is 109 Å². The van der Waals surface area contributed by atoms with Crippen molar-refractivity contribution < 1.29 is 4.39 Å². The second kappa shape index (κ2) is 4.39. The Balaban J connectivity index is 2.21. The van der Waals surface area contributed by atoms with Gasteiger partial charge in [0.1, 0.15) is 11.0 Å². The highest BCUT2D eigenvalue weighted by Gasteiger charge is 2.05. The van der Waals surface area contributed by atoms with Crippen molar-refractivity contribution in [3.8, 4) is 11.3 Å². The molecular weight excluding hydrogens is 249 g/mol. The molecule has 0 aliphatic heterocycles. The number of rotatable bonds is 1. The van der Waals surface area contributed by atoms with E-state index in [1.165, 1.54) is 12.1 Å². The van der Waals surface area contributed by atoms with Crippen LogP contribution in [-0.4, -0.2) is 4.98 Å². The molecule has 0 unspecified atom stereocenters. The Kier molecular flexibility index (Phi) is 2.73. The summed E-state index contributed by atoms with van der Waals surface area (Å²) < 4.78 is 12.9.